The number of nitrogens with one attached hydrogen (secondary N) is 1. The molecule has 0 aliphatic heterocycles. The van der Waals surface area contributed by atoms with E-state index in [0.29, 0.717) is 11.3 Å². The molecule has 3 unspecified atom stereocenters. The lowest BCUT2D eigenvalue weighted by atomic mass is 9.97. The zero-order chi connectivity index (χ0) is 13.9. The molecule has 0 bridgehead atoms. The van der Waals surface area contributed by atoms with E-state index < -0.39 is 10.8 Å². The van der Waals surface area contributed by atoms with Crippen molar-refractivity contribution in [3.8, 4) is 0 Å². The van der Waals surface area contributed by atoms with Gasteiger partial charge < -0.3 is 5.32 Å². The Morgan fingerprint density at radius 2 is 1.47 bits per heavy atom. The first-order valence-electron chi connectivity index (χ1n) is 8.34. The number of rotatable bonds is 4. The van der Waals surface area contributed by atoms with Gasteiger partial charge in [-0.3, -0.25) is 4.21 Å². The first kappa shape index (κ1) is 17.2. The van der Waals surface area contributed by atoms with E-state index in [-0.39, 0.29) is 0 Å². The van der Waals surface area contributed by atoms with Crippen molar-refractivity contribution in [1.29, 1.82) is 0 Å². The summed E-state index contributed by atoms with van der Waals surface area (Å²) >= 11 is 0. The molecule has 0 aromatic rings. The van der Waals surface area contributed by atoms with Crippen LogP contribution in [0.15, 0.2) is 0 Å². The maximum Gasteiger partial charge on any atom is 0.0501 e. The van der Waals surface area contributed by atoms with E-state index in [9.17, 15) is 4.21 Å². The molecule has 1 aliphatic rings. The fraction of sp³-hybridized carbons (Fsp3) is 1.00. The minimum absolute atomic E-state index is 0.379. The fourth-order valence-electron chi connectivity index (χ4n) is 3.15. The van der Waals surface area contributed by atoms with Gasteiger partial charge in [0.05, 0.1) is 5.25 Å². The van der Waals surface area contributed by atoms with Crippen molar-refractivity contribution >= 4 is 10.8 Å². The SMILES string of the molecule is CCCS(=O)C1CCCCCCCCCCC1NC. The average Bonchev–Trinajstić information content (AvgIpc) is 2.39. The second-order valence-electron chi connectivity index (χ2n) is 5.92. The Hall–Kier alpha value is 0.110. The third kappa shape index (κ3) is 6.89. The van der Waals surface area contributed by atoms with E-state index in [2.05, 4.69) is 12.2 Å². The second kappa shape index (κ2) is 10.8. The van der Waals surface area contributed by atoms with Crippen LogP contribution in [0.3, 0.4) is 0 Å². The Morgan fingerprint density at radius 3 is 2.00 bits per heavy atom. The number of hydrogen-bond donors (Lipinski definition) is 1. The molecule has 114 valence electrons. The third-order valence-electron chi connectivity index (χ3n) is 4.32. The molecule has 1 aliphatic carbocycles. The topological polar surface area (TPSA) is 29.1 Å². The molecule has 3 heteroatoms. The minimum atomic E-state index is -0.641. The van der Waals surface area contributed by atoms with E-state index in [1.54, 1.807) is 0 Å². The van der Waals surface area contributed by atoms with Gasteiger partial charge in [-0.1, -0.05) is 58.3 Å². The molecule has 3 atom stereocenters. The highest BCUT2D eigenvalue weighted by molar-refractivity contribution is 7.85. The standard InChI is InChI=1S/C16H33NOS/c1-3-14-19(18)16-13-11-9-7-5-4-6-8-10-12-15(16)17-2/h15-17H,3-14H2,1-2H3. The van der Waals surface area contributed by atoms with Crippen molar-refractivity contribution in [2.45, 2.75) is 88.8 Å². The Balaban J connectivity index is 2.58. The monoisotopic (exact) mass is 287 g/mol. The summed E-state index contributed by atoms with van der Waals surface area (Å²) in [5.41, 5.74) is 0. The summed E-state index contributed by atoms with van der Waals surface area (Å²) in [4.78, 5) is 0. The molecule has 2 nitrogen and oxygen atoms in total. The second-order valence-corrected chi connectivity index (χ2v) is 7.70. The molecule has 0 spiro atoms. The lowest BCUT2D eigenvalue weighted by Gasteiger charge is -2.27. The lowest BCUT2D eigenvalue weighted by molar-refractivity contribution is 0.428. The van der Waals surface area contributed by atoms with E-state index in [1.807, 2.05) is 7.05 Å². The highest BCUT2D eigenvalue weighted by atomic mass is 32.2. The average molecular weight is 288 g/mol. The minimum Gasteiger partial charge on any atom is -0.316 e. The molecule has 0 heterocycles. The highest BCUT2D eigenvalue weighted by Gasteiger charge is 2.24. The summed E-state index contributed by atoms with van der Waals surface area (Å²) in [6, 6.07) is 0.465. The van der Waals surface area contributed by atoms with Crippen LogP contribution in [0.2, 0.25) is 0 Å². The normalized spacial score (nSPS) is 29.2. The van der Waals surface area contributed by atoms with Crippen LogP contribution in [0.25, 0.3) is 0 Å². The van der Waals surface area contributed by atoms with Crippen LogP contribution in [-0.4, -0.2) is 28.3 Å². The fourth-order valence-corrected chi connectivity index (χ4v) is 4.93. The quantitative estimate of drug-likeness (QED) is 0.846. The van der Waals surface area contributed by atoms with Crippen LogP contribution in [0, 0.1) is 0 Å². The predicted molar refractivity (Wildman–Crippen MR) is 86.1 cm³/mol. The van der Waals surface area contributed by atoms with Crippen molar-refractivity contribution in [3.05, 3.63) is 0 Å². The third-order valence-corrected chi connectivity index (χ3v) is 6.37. The van der Waals surface area contributed by atoms with Crippen LogP contribution in [0.4, 0.5) is 0 Å². The summed E-state index contributed by atoms with van der Waals surface area (Å²) in [5, 5.41) is 3.83. The molecule has 19 heavy (non-hydrogen) atoms. The van der Waals surface area contributed by atoms with E-state index in [4.69, 9.17) is 0 Å². The van der Waals surface area contributed by atoms with Gasteiger partial charge in [-0.15, -0.1) is 0 Å². The molecule has 1 saturated carbocycles. The Kier molecular flexibility index (Phi) is 9.80. The van der Waals surface area contributed by atoms with Crippen molar-refractivity contribution in [3.63, 3.8) is 0 Å². The zero-order valence-corrected chi connectivity index (χ0v) is 13.8. The predicted octanol–water partition coefficient (Wildman–Crippen LogP) is 4.02. The zero-order valence-electron chi connectivity index (χ0n) is 13.0. The Morgan fingerprint density at radius 1 is 0.947 bits per heavy atom. The first-order chi connectivity index (χ1) is 9.29. The van der Waals surface area contributed by atoms with Gasteiger partial charge in [-0.2, -0.15) is 0 Å². The molecule has 1 N–H and O–H groups in total. The summed E-state index contributed by atoms with van der Waals surface area (Å²) in [5.74, 6) is 0.878. The van der Waals surface area contributed by atoms with Gasteiger partial charge in [0, 0.05) is 22.6 Å². The molecule has 1 fully saturated rings. The van der Waals surface area contributed by atoms with Gasteiger partial charge in [-0.05, 0) is 26.3 Å². The molecule has 0 radical (unpaired) electrons. The lowest BCUT2D eigenvalue weighted by Crippen LogP contribution is -2.41. The molecular weight excluding hydrogens is 254 g/mol. The molecule has 0 aromatic heterocycles. The molecular formula is C16H33NOS. The van der Waals surface area contributed by atoms with Crippen molar-refractivity contribution in [2.24, 2.45) is 0 Å². The summed E-state index contributed by atoms with van der Waals surface area (Å²) in [6.07, 6.45) is 14.2. The van der Waals surface area contributed by atoms with Crippen molar-refractivity contribution < 1.29 is 4.21 Å². The van der Waals surface area contributed by atoms with Gasteiger partial charge in [0.25, 0.3) is 0 Å². The molecule has 0 aromatic carbocycles. The van der Waals surface area contributed by atoms with Crippen LogP contribution < -0.4 is 5.32 Å². The highest BCUT2D eigenvalue weighted by Crippen LogP contribution is 2.21. The smallest absolute Gasteiger partial charge is 0.0501 e. The van der Waals surface area contributed by atoms with Crippen molar-refractivity contribution in [2.75, 3.05) is 12.8 Å². The summed E-state index contributed by atoms with van der Waals surface area (Å²) in [7, 11) is 1.41. The van der Waals surface area contributed by atoms with Crippen LogP contribution in [0.1, 0.15) is 77.6 Å². The first-order valence-corrected chi connectivity index (χ1v) is 9.72. The van der Waals surface area contributed by atoms with Crippen LogP contribution in [0.5, 0.6) is 0 Å². The molecule has 0 amide bonds. The maximum absolute atomic E-state index is 12.5. The van der Waals surface area contributed by atoms with Gasteiger partial charge in [0.1, 0.15) is 0 Å². The Bertz CT molecular complexity index is 245. The van der Waals surface area contributed by atoms with Gasteiger partial charge >= 0.3 is 0 Å². The van der Waals surface area contributed by atoms with Crippen LogP contribution in [-0.2, 0) is 10.8 Å². The molecule has 1 rings (SSSR count). The van der Waals surface area contributed by atoms with E-state index in [1.165, 1.54) is 57.8 Å². The summed E-state index contributed by atoms with van der Waals surface area (Å²) in [6.45, 7) is 2.14. The molecule has 0 saturated heterocycles. The maximum atomic E-state index is 12.5. The Labute approximate surface area is 122 Å². The van der Waals surface area contributed by atoms with Crippen molar-refractivity contribution in [1.82, 2.24) is 5.32 Å². The van der Waals surface area contributed by atoms with Crippen LogP contribution >= 0.6 is 0 Å². The van der Waals surface area contributed by atoms with Gasteiger partial charge in [0.15, 0.2) is 0 Å². The van der Waals surface area contributed by atoms with Gasteiger partial charge in [0.2, 0.25) is 0 Å². The number of hydrogen-bond acceptors (Lipinski definition) is 2. The van der Waals surface area contributed by atoms with E-state index in [0.717, 1.165) is 18.6 Å². The van der Waals surface area contributed by atoms with Gasteiger partial charge in [-0.25, -0.2) is 0 Å². The summed E-state index contributed by atoms with van der Waals surface area (Å²) < 4.78 is 12.5. The van der Waals surface area contributed by atoms with E-state index >= 15 is 0 Å². The largest absolute Gasteiger partial charge is 0.316 e.